The van der Waals surface area contributed by atoms with Crippen molar-refractivity contribution in [2.75, 3.05) is 0 Å². The van der Waals surface area contributed by atoms with Gasteiger partial charge in [0.05, 0.1) is 5.52 Å². The fourth-order valence-corrected chi connectivity index (χ4v) is 4.17. The molecule has 0 aliphatic heterocycles. The summed E-state index contributed by atoms with van der Waals surface area (Å²) in [5.41, 5.74) is 6.34. The lowest BCUT2D eigenvalue weighted by atomic mass is 9.90. The fraction of sp³-hybridized carbons (Fsp3) is 0.304. The number of hydrogen-bond acceptors (Lipinski definition) is 1. The molecule has 1 unspecified atom stereocenters. The van der Waals surface area contributed by atoms with Crippen molar-refractivity contribution in [2.45, 2.75) is 39.0 Å². The van der Waals surface area contributed by atoms with E-state index in [1.807, 2.05) is 12.1 Å². The van der Waals surface area contributed by atoms with Crippen LogP contribution >= 0.6 is 0 Å². The molecule has 0 saturated heterocycles. The van der Waals surface area contributed by atoms with Crippen LogP contribution in [-0.2, 0) is 13.5 Å². The van der Waals surface area contributed by atoms with E-state index < -0.39 is 0 Å². The van der Waals surface area contributed by atoms with E-state index in [0.717, 1.165) is 11.8 Å². The third-order valence-corrected chi connectivity index (χ3v) is 5.50. The second-order valence-electron chi connectivity index (χ2n) is 7.74. The molecule has 2 heterocycles. The molecule has 4 aromatic rings. The van der Waals surface area contributed by atoms with Crippen LogP contribution in [0.1, 0.15) is 49.3 Å². The lowest BCUT2D eigenvalue weighted by Crippen LogP contribution is -2.02. The molecular weight excluding hydrogens is 320 g/mol. The summed E-state index contributed by atoms with van der Waals surface area (Å²) in [6.45, 7) is 6.71. The van der Waals surface area contributed by atoms with Crippen LogP contribution in [0, 0.1) is 0 Å². The maximum Gasteiger partial charge on any atom is 0.116 e. The molecule has 3 nitrogen and oxygen atoms in total. The van der Waals surface area contributed by atoms with Crippen LogP contribution in [0.3, 0.4) is 0 Å². The zero-order valence-corrected chi connectivity index (χ0v) is 15.9. The van der Waals surface area contributed by atoms with E-state index in [1.54, 1.807) is 0 Å². The van der Waals surface area contributed by atoms with E-state index in [9.17, 15) is 5.11 Å². The molecular formula is C23H26N2O. The third kappa shape index (κ3) is 2.68. The first-order valence-electron chi connectivity index (χ1n) is 9.32. The smallest absolute Gasteiger partial charge is 0.116 e. The number of hydrogen-bond donors (Lipinski definition) is 2. The topological polar surface area (TPSA) is 40.9 Å². The summed E-state index contributed by atoms with van der Waals surface area (Å²) in [6.07, 6.45) is 5.13. The number of fused-ring (bicyclic) bond motifs is 2. The number of nitrogens with zero attached hydrogens (tertiary/aromatic N) is 1. The predicted octanol–water partition coefficient (Wildman–Crippen LogP) is 5.83. The van der Waals surface area contributed by atoms with Gasteiger partial charge in [0.2, 0.25) is 0 Å². The zero-order chi connectivity index (χ0) is 18.4. The molecule has 4 rings (SSSR count). The summed E-state index contributed by atoms with van der Waals surface area (Å²) < 4.78 is 2.15. The van der Waals surface area contributed by atoms with E-state index in [4.69, 9.17) is 0 Å². The molecule has 2 aromatic carbocycles. The maximum absolute atomic E-state index is 10.2. The number of phenolic OH excluding ortho intramolecular Hbond substituents is 1. The Hall–Kier alpha value is -2.68. The van der Waals surface area contributed by atoms with Crippen LogP contribution in [0.5, 0.6) is 5.75 Å². The Morgan fingerprint density at radius 3 is 2.65 bits per heavy atom. The minimum atomic E-state index is 0.301. The van der Waals surface area contributed by atoms with Crippen LogP contribution in [0.25, 0.3) is 21.8 Å². The van der Waals surface area contributed by atoms with Gasteiger partial charge in [-0.3, -0.25) is 0 Å². The highest BCUT2D eigenvalue weighted by Gasteiger charge is 2.17. The van der Waals surface area contributed by atoms with Crippen LogP contribution < -0.4 is 0 Å². The average molecular weight is 346 g/mol. The molecule has 0 aliphatic carbocycles. The molecule has 0 radical (unpaired) electrons. The molecule has 134 valence electrons. The molecule has 0 fully saturated rings. The van der Waals surface area contributed by atoms with Crippen molar-refractivity contribution >= 4 is 21.8 Å². The Balaban J connectivity index is 1.77. The standard InChI is InChI=1S/C23H26N2O/c1-14(2)21-13-24-22-16(6-5-7-19(21)22)10-15(3)20-12-18(26)11-17-8-9-25(4)23(17)20/h5-9,11-15,24,26H,10H2,1-4H3. The number of aromatic amines is 1. The Morgan fingerprint density at radius 2 is 1.88 bits per heavy atom. The number of aromatic hydroxyl groups is 1. The minimum Gasteiger partial charge on any atom is -0.508 e. The van der Waals surface area contributed by atoms with Gasteiger partial charge in [-0.1, -0.05) is 39.0 Å². The number of benzene rings is 2. The molecule has 0 bridgehead atoms. The molecule has 26 heavy (non-hydrogen) atoms. The first-order chi connectivity index (χ1) is 12.5. The van der Waals surface area contributed by atoms with Crippen molar-refractivity contribution in [3.63, 3.8) is 0 Å². The summed E-state index contributed by atoms with van der Waals surface area (Å²) >= 11 is 0. The first-order valence-corrected chi connectivity index (χ1v) is 9.32. The van der Waals surface area contributed by atoms with E-state index in [0.29, 0.717) is 17.6 Å². The SMILES string of the molecule is CC(C)c1c[nH]c2c(CC(C)c3cc(O)cc4ccn(C)c34)cccc12. The number of aryl methyl sites for hydroxylation is 1. The summed E-state index contributed by atoms with van der Waals surface area (Å²) in [4.78, 5) is 3.50. The van der Waals surface area contributed by atoms with Gasteiger partial charge < -0.3 is 14.7 Å². The van der Waals surface area contributed by atoms with Gasteiger partial charge in [0.15, 0.2) is 0 Å². The number of H-pyrrole nitrogens is 1. The van der Waals surface area contributed by atoms with Gasteiger partial charge in [0.25, 0.3) is 0 Å². The number of para-hydroxylation sites is 1. The molecule has 3 heteroatoms. The van der Waals surface area contributed by atoms with Crippen LogP contribution in [0.2, 0.25) is 0 Å². The van der Waals surface area contributed by atoms with Crippen molar-refractivity contribution < 1.29 is 5.11 Å². The molecule has 0 spiro atoms. The van der Waals surface area contributed by atoms with Gasteiger partial charge in [0, 0.05) is 35.7 Å². The molecule has 0 aliphatic rings. The van der Waals surface area contributed by atoms with E-state index in [2.05, 4.69) is 74.0 Å². The Morgan fingerprint density at radius 1 is 1.08 bits per heavy atom. The Labute approximate surface area is 154 Å². The second kappa shape index (κ2) is 6.24. The van der Waals surface area contributed by atoms with Crippen molar-refractivity contribution in [2.24, 2.45) is 7.05 Å². The lowest BCUT2D eigenvalue weighted by Gasteiger charge is -2.16. The molecule has 0 amide bonds. The largest absolute Gasteiger partial charge is 0.508 e. The predicted molar refractivity (Wildman–Crippen MR) is 109 cm³/mol. The highest BCUT2D eigenvalue weighted by molar-refractivity contribution is 5.87. The van der Waals surface area contributed by atoms with Gasteiger partial charge in [-0.2, -0.15) is 0 Å². The van der Waals surface area contributed by atoms with E-state index >= 15 is 0 Å². The normalized spacial score (nSPS) is 13.1. The van der Waals surface area contributed by atoms with Gasteiger partial charge >= 0.3 is 0 Å². The lowest BCUT2D eigenvalue weighted by molar-refractivity contribution is 0.475. The van der Waals surface area contributed by atoms with Crippen molar-refractivity contribution in [3.8, 4) is 5.75 Å². The van der Waals surface area contributed by atoms with E-state index in [1.165, 1.54) is 33.1 Å². The highest BCUT2D eigenvalue weighted by atomic mass is 16.3. The number of aromatic nitrogens is 2. The summed E-state index contributed by atoms with van der Waals surface area (Å²) in [5, 5.41) is 12.6. The maximum atomic E-state index is 10.2. The van der Waals surface area contributed by atoms with Crippen molar-refractivity contribution in [3.05, 3.63) is 65.5 Å². The zero-order valence-electron chi connectivity index (χ0n) is 15.9. The molecule has 2 N–H and O–H groups in total. The van der Waals surface area contributed by atoms with Crippen molar-refractivity contribution in [1.29, 1.82) is 0 Å². The number of rotatable bonds is 4. The van der Waals surface area contributed by atoms with Gasteiger partial charge in [-0.05, 0) is 53.1 Å². The van der Waals surface area contributed by atoms with Gasteiger partial charge in [0.1, 0.15) is 5.75 Å². The van der Waals surface area contributed by atoms with Crippen molar-refractivity contribution in [1.82, 2.24) is 9.55 Å². The van der Waals surface area contributed by atoms with E-state index in [-0.39, 0.29) is 0 Å². The summed E-state index contributed by atoms with van der Waals surface area (Å²) in [5.74, 6) is 1.14. The summed E-state index contributed by atoms with van der Waals surface area (Å²) in [6, 6.07) is 12.4. The number of nitrogens with one attached hydrogen (secondary N) is 1. The third-order valence-electron chi connectivity index (χ3n) is 5.50. The fourth-order valence-electron chi connectivity index (χ4n) is 4.17. The quantitative estimate of drug-likeness (QED) is 0.479. The minimum absolute atomic E-state index is 0.301. The molecule has 2 aromatic heterocycles. The molecule has 0 saturated carbocycles. The monoisotopic (exact) mass is 346 g/mol. The summed E-state index contributed by atoms with van der Waals surface area (Å²) in [7, 11) is 2.07. The van der Waals surface area contributed by atoms with Gasteiger partial charge in [-0.15, -0.1) is 0 Å². The van der Waals surface area contributed by atoms with Crippen LogP contribution in [0.15, 0.2) is 48.8 Å². The van der Waals surface area contributed by atoms with Crippen LogP contribution in [0.4, 0.5) is 0 Å². The Bertz CT molecular complexity index is 1080. The van der Waals surface area contributed by atoms with Gasteiger partial charge in [-0.25, -0.2) is 0 Å². The average Bonchev–Trinajstić information content (AvgIpc) is 3.19. The van der Waals surface area contributed by atoms with Crippen LogP contribution in [-0.4, -0.2) is 14.7 Å². The number of phenols is 1. The Kier molecular flexibility index (Phi) is 4.03. The highest BCUT2D eigenvalue weighted by Crippen LogP contribution is 2.34. The second-order valence-corrected chi connectivity index (χ2v) is 7.74. The molecule has 1 atom stereocenters. The first kappa shape index (κ1) is 16.8.